The lowest BCUT2D eigenvalue weighted by atomic mass is 10.1. The molecule has 1 N–H and O–H groups in total. The number of rotatable bonds is 4. The van der Waals surface area contributed by atoms with Crippen molar-refractivity contribution >= 4 is 5.69 Å². The van der Waals surface area contributed by atoms with Crippen molar-refractivity contribution in [2.75, 3.05) is 0 Å². The number of halogens is 1. The van der Waals surface area contributed by atoms with Crippen molar-refractivity contribution in [1.29, 1.82) is 0 Å². The Morgan fingerprint density at radius 3 is 2.71 bits per heavy atom. The Bertz CT molecular complexity index is 664. The highest BCUT2D eigenvalue weighted by Gasteiger charge is 2.21. The second kappa shape index (κ2) is 5.57. The zero-order valence-electron chi connectivity index (χ0n) is 11.9. The van der Waals surface area contributed by atoms with Crippen molar-refractivity contribution in [2.24, 2.45) is 0 Å². The van der Waals surface area contributed by atoms with Gasteiger partial charge in [0.25, 0.3) is 11.6 Å². The SMILES string of the molecule is CC(C)(C)NCc1nnc(-c2ccc(F)cc2[N+](=O)[O-])o1. The van der Waals surface area contributed by atoms with Crippen LogP contribution in [0.15, 0.2) is 22.6 Å². The van der Waals surface area contributed by atoms with E-state index in [1.807, 2.05) is 20.8 Å². The van der Waals surface area contributed by atoms with Crippen LogP contribution in [0.1, 0.15) is 26.7 Å². The fourth-order valence-electron chi connectivity index (χ4n) is 1.61. The van der Waals surface area contributed by atoms with Crippen molar-refractivity contribution < 1.29 is 13.7 Å². The number of nitro benzene ring substituents is 1. The predicted molar refractivity (Wildman–Crippen MR) is 72.9 cm³/mol. The third-order valence-electron chi connectivity index (χ3n) is 2.62. The van der Waals surface area contributed by atoms with Crippen molar-refractivity contribution in [3.8, 4) is 11.5 Å². The first-order chi connectivity index (χ1) is 9.76. The van der Waals surface area contributed by atoms with E-state index in [-0.39, 0.29) is 17.0 Å². The molecule has 1 aromatic heterocycles. The minimum absolute atomic E-state index is 0.00703. The highest BCUT2D eigenvalue weighted by atomic mass is 19.1. The summed E-state index contributed by atoms with van der Waals surface area (Å²) >= 11 is 0. The molecule has 0 spiro atoms. The largest absolute Gasteiger partial charge is 0.419 e. The zero-order valence-corrected chi connectivity index (χ0v) is 11.9. The van der Waals surface area contributed by atoms with E-state index >= 15 is 0 Å². The molecular formula is C13H15FN4O3. The van der Waals surface area contributed by atoms with Crippen LogP contribution in [0.25, 0.3) is 11.5 Å². The summed E-state index contributed by atoms with van der Waals surface area (Å²) in [5, 5.41) is 21.7. The first kappa shape index (κ1) is 15.0. The Kier molecular flexibility index (Phi) is 3.99. The van der Waals surface area contributed by atoms with Gasteiger partial charge in [-0.15, -0.1) is 10.2 Å². The summed E-state index contributed by atoms with van der Waals surface area (Å²) in [6, 6.07) is 3.19. The molecule has 0 aliphatic heterocycles. The van der Waals surface area contributed by atoms with Crippen LogP contribution in [0, 0.1) is 15.9 Å². The first-order valence-corrected chi connectivity index (χ1v) is 6.28. The van der Waals surface area contributed by atoms with Gasteiger partial charge in [-0.05, 0) is 32.9 Å². The van der Waals surface area contributed by atoms with E-state index < -0.39 is 16.4 Å². The summed E-state index contributed by atoms with van der Waals surface area (Å²) in [6.07, 6.45) is 0. The molecule has 2 aromatic rings. The molecule has 2 rings (SSSR count). The maximum Gasteiger partial charge on any atom is 0.285 e. The Hall–Kier alpha value is -2.35. The van der Waals surface area contributed by atoms with Gasteiger partial charge >= 0.3 is 0 Å². The minimum atomic E-state index is -0.695. The van der Waals surface area contributed by atoms with E-state index in [9.17, 15) is 14.5 Å². The monoisotopic (exact) mass is 294 g/mol. The molecule has 0 aliphatic carbocycles. The third-order valence-corrected chi connectivity index (χ3v) is 2.62. The van der Waals surface area contributed by atoms with Gasteiger partial charge in [0, 0.05) is 5.54 Å². The van der Waals surface area contributed by atoms with E-state index in [1.54, 1.807) is 0 Å². The molecule has 1 aromatic carbocycles. The second-order valence-electron chi connectivity index (χ2n) is 5.52. The molecule has 0 bridgehead atoms. The Labute approximate surface area is 120 Å². The Balaban J connectivity index is 2.28. The number of hydrogen-bond donors (Lipinski definition) is 1. The summed E-state index contributed by atoms with van der Waals surface area (Å²) in [7, 11) is 0. The van der Waals surface area contributed by atoms with Crippen LogP contribution in [-0.2, 0) is 6.54 Å². The van der Waals surface area contributed by atoms with Gasteiger partial charge in [0.15, 0.2) is 0 Å². The molecule has 0 radical (unpaired) electrons. The lowest BCUT2D eigenvalue weighted by molar-refractivity contribution is -0.384. The lowest BCUT2D eigenvalue weighted by Crippen LogP contribution is -2.35. The van der Waals surface area contributed by atoms with E-state index in [0.29, 0.717) is 12.4 Å². The number of aromatic nitrogens is 2. The van der Waals surface area contributed by atoms with Gasteiger partial charge in [0.2, 0.25) is 5.89 Å². The average Bonchev–Trinajstić information content (AvgIpc) is 2.84. The molecular weight excluding hydrogens is 279 g/mol. The van der Waals surface area contributed by atoms with E-state index in [4.69, 9.17) is 4.42 Å². The first-order valence-electron chi connectivity index (χ1n) is 6.28. The predicted octanol–water partition coefficient (Wildman–Crippen LogP) is 2.67. The van der Waals surface area contributed by atoms with Gasteiger partial charge in [-0.3, -0.25) is 10.1 Å². The quantitative estimate of drug-likeness (QED) is 0.688. The molecule has 7 nitrogen and oxygen atoms in total. The Morgan fingerprint density at radius 1 is 1.38 bits per heavy atom. The van der Waals surface area contributed by atoms with Crippen LogP contribution in [0.4, 0.5) is 10.1 Å². The molecule has 0 aliphatic rings. The maximum absolute atomic E-state index is 13.1. The lowest BCUT2D eigenvalue weighted by Gasteiger charge is -2.18. The molecule has 0 fully saturated rings. The van der Waals surface area contributed by atoms with Crippen molar-refractivity contribution in [3.63, 3.8) is 0 Å². The smallest absolute Gasteiger partial charge is 0.285 e. The number of nitrogens with one attached hydrogen (secondary N) is 1. The molecule has 112 valence electrons. The van der Waals surface area contributed by atoms with Crippen LogP contribution < -0.4 is 5.32 Å². The molecule has 1 heterocycles. The van der Waals surface area contributed by atoms with Crippen LogP contribution in [-0.4, -0.2) is 20.7 Å². The van der Waals surface area contributed by atoms with Gasteiger partial charge in [0.05, 0.1) is 17.5 Å². The van der Waals surface area contributed by atoms with Gasteiger partial charge in [0.1, 0.15) is 11.4 Å². The van der Waals surface area contributed by atoms with Crippen molar-refractivity contribution in [1.82, 2.24) is 15.5 Å². The molecule has 21 heavy (non-hydrogen) atoms. The summed E-state index contributed by atoms with van der Waals surface area (Å²) in [6.45, 7) is 6.28. The van der Waals surface area contributed by atoms with Gasteiger partial charge < -0.3 is 9.73 Å². The average molecular weight is 294 g/mol. The topological polar surface area (TPSA) is 94.1 Å². The summed E-state index contributed by atoms with van der Waals surface area (Å²) in [4.78, 5) is 10.3. The van der Waals surface area contributed by atoms with E-state index in [2.05, 4.69) is 15.5 Å². The van der Waals surface area contributed by atoms with Crippen molar-refractivity contribution in [2.45, 2.75) is 32.9 Å². The van der Waals surface area contributed by atoms with E-state index in [0.717, 1.165) is 12.1 Å². The molecule has 8 heteroatoms. The molecule has 0 unspecified atom stereocenters. The zero-order chi connectivity index (χ0) is 15.6. The number of nitro groups is 1. The minimum Gasteiger partial charge on any atom is -0.419 e. The van der Waals surface area contributed by atoms with Crippen molar-refractivity contribution in [3.05, 3.63) is 40.0 Å². The number of benzene rings is 1. The summed E-state index contributed by atoms with van der Waals surface area (Å²) in [5.41, 5.74) is -0.443. The second-order valence-corrected chi connectivity index (χ2v) is 5.52. The van der Waals surface area contributed by atoms with Crippen LogP contribution in [0.3, 0.4) is 0 Å². The molecule has 0 atom stereocenters. The third kappa shape index (κ3) is 3.82. The summed E-state index contributed by atoms with van der Waals surface area (Å²) in [5.74, 6) is -0.398. The van der Waals surface area contributed by atoms with E-state index in [1.165, 1.54) is 6.07 Å². The molecule has 0 saturated carbocycles. The molecule has 0 amide bonds. The van der Waals surface area contributed by atoms with Crippen LogP contribution in [0.2, 0.25) is 0 Å². The summed E-state index contributed by atoms with van der Waals surface area (Å²) < 4.78 is 18.5. The fourth-order valence-corrected chi connectivity index (χ4v) is 1.61. The maximum atomic E-state index is 13.1. The molecule has 0 saturated heterocycles. The Morgan fingerprint density at radius 2 is 2.10 bits per heavy atom. The van der Waals surface area contributed by atoms with Crippen LogP contribution in [0.5, 0.6) is 0 Å². The van der Waals surface area contributed by atoms with Crippen LogP contribution >= 0.6 is 0 Å². The fraction of sp³-hybridized carbons (Fsp3) is 0.385. The highest BCUT2D eigenvalue weighted by molar-refractivity contribution is 5.66. The van der Waals surface area contributed by atoms with Gasteiger partial charge in [-0.2, -0.15) is 0 Å². The standard InChI is InChI=1S/C13H15FN4O3/c1-13(2,3)15-7-11-16-17-12(21-11)9-5-4-8(14)6-10(9)18(19)20/h4-6,15H,7H2,1-3H3. The van der Waals surface area contributed by atoms with Gasteiger partial charge in [-0.25, -0.2) is 4.39 Å². The number of hydrogen-bond acceptors (Lipinski definition) is 6. The number of nitrogens with zero attached hydrogens (tertiary/aromatic N) is 3. The highest BCUT2D eigenvalue weighted by Crippen LogP contribution is 2.29. The normalized spacial score (nSPS) is 11.6. The van der Waals surface area contributed by atoms with Gasteiger partial charge in [-0.1, -0.05) is 0 Å².